The van der Waals surface area contributed by atoms with Gasteiger partial charge in [-0.2, -0.15) is 13.2 Å². The predicted molar refractivity (Wildman–Crippen MR) is 109 cm³/mol. The van der Waals surface area contributed by atoms with Crippen LogP contribution >= 0.6 is 0 Å². The number of aliphatic hydroxyl groups excluding tert-OH is 1. The summed E-state index contributed by atoms with van der Waals surface area (Å²) in [6.45, 7) is 3.71. The molecule has 3 aromatic rings. The predicted octanol–water partition coefficient (Wildman–Crippen LogP) is 3.65. The standard InChI is InChI=1S/C22H23F3N4O3/c1-20(2,3)22(31,16-10-26-13-29-17(16)11-30)18-6-4-14(8-27-18)15-5-7-19(28-9-15)32-12-21(23,24)25/h4-10,13,30-31H,11-12H2,1-3H3. The van der Waals surface area contributed by atoms with Crippen LogP contribution in [-0.2, 0) is 12.2 Å². The highest BCUT2D eigenvalue weighted by molar-refractivity contribution is 5.62. The van der Waals surface area contributed by atoms with E-state index in [1.807, 2.05) is 20.8 Å². The van der Waals surface area contributed by atoms with Gasteiger partial charge >= 0.3 is 6.18 Å². The summed E-state index contributed by atoms with van der Waals surface area (Å²) in [6.07, 6.45) is 1.23. The Hall–Kier alpha value is -3.11. The molecule has 7 nitrogen and oxygen atoms in total. The summed E-state index contributed by atoms with van der Waals surface area (Å²) >= 11 is 0. The van der Waals surface area contributed by atoms with Crippen molar-refractivity contribution in [2.24, 2.45) is 5.41 Å². The van der Waals surface area contributed by atoms with E-state index in [1.165, 1.54) is 31.0 Å². The van der Waals surface area contributed by atoms with Crippen LogP contribution in [0.25, 0.3) is 11.1 Å². The summed E-state index contributed by atoms with van der Waals surface area (Å²) in [5, 5.41) is 21.4. The average molecular weight is 448 g/mol. The molecule has 2 N–H and O–H groups in total. The Morgan fingerprint density at radius 3 is 2.06 bits per heavy atom. The van der Waals surface area contributed by atoms with Crippen LogP contribution in [0.15, 0.2) is 49.2 Å². The summed E-state index contributed by atoms with van der Waals surface area (Å²) in [6, 6.07) is 6.27. The van der Waals surface area contributed by atoms with Gasteiger partial charge in [0.25, 0.3) is 0 Å². The van der Waals surface area contributed by atoms with Gasteiger partial charge in [0.05, 0.1) is 18.0 Å². The number of rotatable bonds is 6. The molecule has 0 aliphatic carbocycles. The molecule has 0 spiro atoms. The van der Waals surface area contributed by atoms with E-state index in [0.29, 0.717) is 28.1 Å². The summed E-state index contributed by atoms with van der Waals surface area (Å²) < 4.78 is 41.4. The van der Waals surface area contributed by atoms with Crippen molar-refractivity contribution in [3.63, 3.8) is 0 Å². The fourth-order valence-corrected chi connectivity index (χ4v) is 3.28. The first kappa shape index (κ1) is 23.6. The number of hydrogen-bond donors (Lipinski definition) is 2. The van der Waals surface area contributed by atoms with E-state index in [-0.39, 0.29) is 12.5 Å². The van der Waals surface area contributed by atoms with Crippen LogP contribution < -0.4 is 4.74 Å². The van der Waals surface area contributed by atoms with Crippen LogP contribution in [0.3, 0.4) is 0 Å². The fourth-order valence-electron chi connectivity index (χ4n) is 3.28. The Morgan fingerprint density at radius 1 is 0.906 bits per heavy atom. The van der Waals surface area contributed by atoms with E-state index in [4.69, 9.17) is 0 Å². The molecule has 3 aromatic heterocycles. The molecule has 0 saturated heterocycles. The van der Waals surface area contributed by atoms with Gasteiger partial charge in [0.1, 0.15) is 11.9 Å². The molecule has 3 heterocycles. The second-order valence-corrected chi connectivity index (χ2v) is 8.22. The van der Waals surface area contributed by atoms with Crippen LogP contribution in [0.1, 0.15) is 37.7 Å². The normalized spacial score (nSPS) is 14.1. The Labute approximate surface area is 183 Å². The van der Waals surface area contributed by atoms with Crippen LogP contribution in [0.5, 0.6) is 5.88 Å². The zero-order valence-electron chi connectivity index (χ0n) is 17.8. The Morgan fingerprint density at radius 2 is 1.56 bits per heavy atom. The van der Waals surface area contributed by atoms with Gasteiger partial charge in [-0.15, -0.1) is 0 Å². The molecule has 0 saturated carbocycles. The van der Waals surface area contributed by atoms with Gasteiger partial charge in [-0.25, -0.2) is 15.0 Å². The zero-order chi connectivity index (χ0) is 23.6. The highest BCUT2D eigenvalue weighted by Crippen LogP contribution is 2.44. The number of halogens is 3. The van der Waals surface area contributed by atoms with E-state index in [1.54, 1.807) is 18.2 Å². The topological polar surface area (TPSA) is 101 Å². The second-order valence-electron chi connectivity index (χ2n) is 8.22. The van der Waals surface area contributed by atoms with E-state index >= 15 is 0 Å². The van der Waals surface area contributed by atoms with Crippen molar-refractivity contribution in [3.8, 4) is 17.0 Å². The number of aliphatic hydroxyl groups is 2. The third kappa shape index (κ3) is 4.86. The van der Waals surface area contributed by atoms with Crippen molar-refractivity contribution < 1.29 is 28.1 Å². The lowest BCUT2D eigenvalue weighted by molar-refractivity contribution is -0.154. The molecular formula is C22H23F3N4O3. The van der Waals surface area contributed by atoms with Crippen molar-refractivity contribution in [3.05, 3.63) is 66.1 Å². The maximum absolute atomic E-state index is 12.3. The quantitative estimate of drug-likeness (QED) is 0.594. The minimum absolute atomic E-state index is 0.140. The first-order valence-corrected chi connectivity index (χ1v) is 9.71. The number of aromatic nitrogens is 4. The molecule has 0 amide bonds. The number of nitrogens with zero attached hydrogens (tertiary/aromatic N) is 4. The van der Waals surface area contributed by atoms with Gasteiger partial charge in [-0.05, 0) is 12.1 Å². The molecule has 0 aliphatic heterocycles. The fraction of sp³-hybridized carbons (Fsp3) is 0.364. The summed E-state index contributed by atoms with van der Waals surface area (Å²) in [5.41, 5.74) is -0.0946. The summed E-state index contributed by atoms with van der Waals surface area (Å²) in [4.78, 5) is 16.4. The summed E-state index contributed by atoms with van der Waals surface area (Å²) in [5.74, 6) is -0.140. The van der Waals surface area contributed by atoms with Gasteiger partial charge in [0, 0.05) is 46.8 Å². The van der Waals surface area contributed by atoms with Crippen molar-refractivity contribution in [2.75, 3.05) is 6.61 Å². The highest BCUT2D eigenvalue weighted by atomic mass is 19.4. The number of pyridine rings is 2. The molecule has 0 aliphatic rings. The van der Waals surface area contributed by atoms with Crippen molar-refractivity contribution in [1.29, 1.82) is 0 Å². The lowest BCUT2D eigenvalue weighted by atomic mass is 9.70. The molecule has 32 heavy (non-hydrogen) atoms. The molecule has 0 fully saturated rings. The largest absolute Gasteiger partial charge is 0.468 e. The maximum atomic E-state index is 12.3. The highest BCUT2D eigenvalue weighted by Gasteiger charge is 2.46. The lowest BCUT2D eigenvalue weighted by Crippen LogP contribution is -2.43. The van der Waals surface area contributed by atoms with Crippen LogP contribution in [0.4, 0.5) is 13.2 Å². The Kier molecular flexibility index (Phi) is 6.47. The van der Waals surface area contributed by atoms with E-state index in [2.05, 4.69) is 24.7 Å². The summed E-state index contributed by atoms with van der Waals surface area (Å²) in [7, 11) is 0. The number of ether oxygens (including phenoxy) is 1. The third-order valence-corrected chi connectivity index (χ3v) is 5.01. The van der Waals surface area contributed by atoms with E-state index < -0.39 is 23.8 Å². The zero-order valence-corrected chi connectivity index (χ0v) is 17.8. The number of hydrogen-bond acceptors (Lipinski definition) is 7. The third-order valence-electron chi connectivity index (χ3n) is 5.01. The molecule has 3 rings (SSSR count). The van der Waals surface area contributed by atoms with Crippen molar-refractivity contribution in [1.82, 2.24) is 19.9 Å². The SMILES string of the molecule is CC(C)(C)C(O)(c1ccc(-c2ccc(OCC(F)(F)F)nc2)cn1)c1cncnc1CO. The monoisotopic (exact) mass is 448 g/mol. The maximum Gasteiger partial charge on any atom is 0.422 e. The van der Waals surface area contributed by atoms with Crippen LogP contribution in [0.2, 0.25) is 0 Å². The minimum atomic E-state index is -4.44. The Bertz CT molecular complexity index is 1050. The van der Waals surface area contributed by atoms with Crippen molar-refractivity contribution >= 4 is 0 Å². The van der Waals surface area contributed by atoms with Crippen LogP contribution in [0, 0.1) is 5.41 Å². The van der Waals surface area contributed by atoms with Gasteiger partial charge < -0.3 is 14.9 Å². The number of alkyl halides is 3. The van der Waals surface area contributed by atoms with Crippen LogP contribution in [-0.4, -0.2) is 42.9 Å². The molecular weight excluding hydrogens is 425 g/mol. The molecule has 10 heteroatoms. The average Bonchev–Trinajstić information content (AvgIpc) is 2.76. The molecule has 0 radical (unpaired) electrons. The smallest absolute Gasteiger partial charge is 0.422 e. The molecule has 1 unspecified atom stereocenters. The van der Waals surface area contributed by atoms with Gasteiger partial charge in [-0.3, -0.25) is 4.98 Å². The molecule has 1 atom stereocenters. The van der Waals surface area contributed by atoms with E-state index in [0.717, 1.165) is 0 Å². The molecule has 170 valence electrons. The molecule has 0 bridgehead atoms. The first-order chi connectivity index (χ1) is 15.0. The van der Waals surface area contributed by atoms with Gasteiger partial charge in [-0.1, -0.05) is 26.8 Å². The first-order valence-electron chi connectivity index (χ1n) is 9.71. The minimum Gasteiger partial charge on any atom is -0.468 e. The van der Waals surface area contributed by atoms with Crippen molar-refractivity contribution in [2.45, 2.75) is 39.2 Å². The van der Waals surface area contributed by atoms with E-state index in [9.17, 15) is 23.4 Å². The lowest BCUT2D eigenvalue weighted by Gasteiger charge is -2.40. The second kappa shape index (κ2) is 8.79. The van der Waals surface area contributed by atoms with Gasteiger partial charge in [0.15, 0.2) is 6.61 Å². The van der Waals surface area contributed by atoms with Gasteiger partial charge in [0.2, 0.25) is 5.88 Å². The molecule has 0 aromatic carbocycles. The Balaban J connectivity index is 1.92.